The molecule has 3 aromatic rings. The molecule has 0 fully saturated rings. The molecule has 0 aliphatic carbocycles. The number of nitrogen functional groups attached to an aromatic ring is 1. The summed E-state index contributed by atoms with van der Waals surface area (Å²) in [6, 6.07) is 17.2. The van der Waals surface area contributed by atoms with E-state index in [4.69, 9.17) is 10.5 Å². The number of H-pyrrole nitrogens is 1. The molecule has 25 heavy (non-hydrogen) atoms. The van der Waals surface area contributed by atoms with E-state index in [1.54, 1.807) is 0 Å². The van der Waals surface area contributed by atoms with Gasteiger partial charge in [0.1, 0.15) is 11.6 Å². The molecule has 0 radical (unpaired) electrons. The van der Waals surface area contributed by atoms with E-state index < -0.39 is 0 Å². The number of nitrogens with one attached hydrogen (secondary N) is 1. The summed E-state index contributed by atoms with van der Waals surface area (Å²) >= 11 is 1.40. The third kappa shape index (κ3) is 4.42. The molecule has 1 aromatic heterocycles. The molecule has 0 atom stereocenters. The van der Waals surface area contributed by atoms with Crippen LogP contribution in [0.25, 0.3) is 11.1 Å². The number of ether oxygens (including phenoxy) is 1. The van der Waals surface area contributed by atoms with E-state index in [1.165, 1.54) is 17.3 Å². The van der Waals surface area contributed by atoms with E-state index in [0.717, 1.165) is 11.3 Å². The second-order valence-electron chi connectivity index (χ2n) is 5.51. The van der Waals surface area contributed by atoms with Gasteiger partial charge in [0.15, 0.2) is 5.16 Å². The first-order valence-corrected chi connectivity index (χ1v) is 8.89. The second kappa shape index (κ2) is 7.90. The molecule has 0 aliphatic heterocycles. The van der Waals surface area contributed by atoms with Crippen LogP contribution in [0.3, 0.4) is 0 Å². The van der Waals surface area contributed by atoms with Gasteiger partial charge in [-0.25, -0.2) is 4.98 Å². The highest BCUT2D eigenvalue weighted by atomic mass is 32.2. The summed E-state index contributed by atoms with van der Waals surface area (Å²) in [5.41, 5.74) is 8.11. The van der Waals surface area contributed by atoms with Crippen LogP contribution in [0, 0.1) is 6.92 Å². The van der Waals surface area contributed by atoms with Crippen molar-refractivity contribution in [1.29, 1.82) is 0 Å². The fourth-order valence-electron chi connectivity index (χ4n) is 2.35. The number of nitrogens with two attached hydrogens (primary N) is 1. The lowest BCUT2D eigenvalue weighted by atomic mass is 10.1. The standard InChI is InChI=1S/C19H19N3O2S/c1-13-7-9-15(10-8-13)24-11-12-25-19-21-17(20)16(18(23)22-19)14-5-3-2-4-6-14/h2-10H,11-12H2,1H3,(H3,20,21,22,23). The van der Waals surface area contributed by atoms with E-state index in [9.17, 15) is 4.79 Å². The average molecular weight is 353 g/mol. The van der Waals surface area contributed by atoms with Crippen molar-refractivity contribution in [3.8, 4) is 16.9 Å². The Kier molecular flexibility index (Phi) is 5.40. The van der Waals surface area contributed by atoms with Crippen molar-refractivity contribution in [3.63, 3.8) is 0 Å². The number of benzene rings is 2. The Hall–Kier alpha value is -2.73. The Bertz CT molecular complexity index is 893. The van der Waals surface area contributed by atoms with Crippen LogP contribution in [0.15, 0.2) is 64.5 Å². The lowest BCUT2D eigenvalue weighted by molar-refractivity contribution is 0.344. The smallest absolute Gasteiger partial charge is 0.261 e. The van der Waals surface area contributed by atoms with Crippen LogP contribution in [-0.2, 0) is 0 Å². The van der Waals surface area contributed by atoms with Gasteiger partial charge in [0.2, 0.25) is 0 Å². The summed E-state index contributed by atoms with van der Waals surface area (Å²) in [5.74, 6) is 1.71. The fourth-order valence-corrected chi connectivity index (χ4v) is 3.04. The van der Waals surface area contributed by atoms with Crippen molar-refractivity contribution < 1.29 is 4.74 Å². The number of hydrogen-bond acceptors (Lipinski definition) is 5. The minimum atomic E-state index is -0.236. The Morgan fingerprint density at radius 3 is 2.52 bits per heavy atom. The maximum absolute atomic E-state index is 12.3. The summed E-state index contributed by atoms with van der Waals surface area (Å²) < 4.78 is 5.66. The Morgan fingerprint density at radius 1 is 1.12 bits per heavy atom. The monoisotopic (exact) mass is 353 g/mol. The van der Waals surface area contributed by atoms with Gasteiger partial charge in [-0.1, -0.05) is 59.8 Å². The lowest BCUT2D eigenvalue weighted by Gasteiger charge is -2.08. The van der Waals surface area contributed by atoms with Crippen LogP contribution in [0.5, 0.6) is 5.75 Å². The molecular formula is C19H19N3O2S. The van der Waals surface area contributed by atoms with Crippen LogP contribution < -0.4 is 16.0 Å². The molecule has 3 N–H and O–H groups in total. The normalized spacial score (nSPS) is 10.6. The number of thioether (sulfide) groups is 1. The van der Waals surface area contributed by atoms with Crippen molar-refractivity contribution in [2.45, 2.75) is 12.1 Å². The summed E-state index contributed by atoms with van der Waals surface area (Å²) in [6.45, 7) is 2.54. The molecule has 0 aliphatic rings. The molecule has 2 aromatic carbocycles. The largest absolute Gasteiger partial charge is 0.493 e. The number of aromatic nitrogens is 2. The van der Waals surface area contributed by atoms with Crippen molar-refractivity contribution in [1.82, 2.24) is 9.97 Å². The summed E-state index contributed by atoms with van der Waals surface area (Å²) in [7, 11) is 0. The Labute approximate surface area is 150 Å². The van der Waals surface area contributed by atoms with Crippen LogP contribution in [0.4, 0.5) is 5.82 Å². The topological polar surface area (TPSA) is 81.0 Å². The van der Waals surface area contributed by atoms with E-state index >= 15 is 0 Å². The van der Waals surface area contributed by atoms with Crippen molar-refractivity contribution >= 4 is 17.6 Å². The average Bonchev–Trinajstić information content (AvgIpc) is 2.61. The van der Waals surface area contributed by atoms with Gasteiger partial charge in [-0.15, -0.1) is 0 Å². The summed E-state index contributed by atoms with van der Waals surface area (Å²) in [6.07, 6.45) is 0. The number of aromatic amines is 1. The van der Waals surface area contributed by atoms with Gasteiger partial charge >= 0.3 is 0 Å². The summed E-state index contributed by atoms with van der Waals surface area (Å²) in [4.78, 5) is 19.4. The molecule has 0 saturated heterocycles. The fraction of sp³-hybridized carbons (Fsp3) is 0.158. The SMILES string of the molecule is Cc1ccc(OCCSc2nc(N)c(-c3ccccc3)c(=O)[nH]2)cc1. The zero-order valence-electron chi connectivity index (χ0n) is 13.9. The minimum absolute atomic E-state index is 0.233. The first-order valence-electron chi connectivity index (χ1n) is 7.91. The Morgan fingerprint density at radius 2 is 1.84 bits per heavy atom. The molecule has 128 valence electrons. The third-order valence-electron chi connectivity index (χ3n) is 3.60. The molecule has 1 heterocycles. The van der Waals surface area contributed by atoms with Crippen molar-refractivity contribution in [2.75, 3.05) is 18.1 Å². The van der Waals surface area contributed by atoms with Gasteiger partial charge in [0.05, 0.1) is 12.2 Å². The third-order valence-corrected chi connectivity index (χ3v) is 4.44. The van der Waals surface area contributed by atoms with Crippen LogP contribution in [-0.4, -0.2) is 22.3 Å². The van der Waals surface area contributed by atoms with Crippen molar-refractivity contribution in [2.24, 2.45) is 0 Å². The predicted octanol–water partition coefficient (Wildman–Crippen LogP) is 3.50. The lowest BCUT2D eigenvalue weighted by Crippen LogP contribution is -2.15. The van der Waals surface area contributed by atoms with E-state index in [2.05, 4.69) is 9.97 Å². The van der Waals surface area contributed by atoms with Gasteiger partial charge < -0.3 is 15.5 Å². The van der Waals surface area contributed by atoms with Gasteiger partial charge in [0, 0.05) is 5.75 Å². The molecule has 0 saturated carbocycles. The van der Waals surface area contributed by atoms with Gasteiger partial charge in [0.25, 0.3) is 5.56 Å². The predicted molar refractivity (Wildman–Crippen MR) is 102 cm³/mol. The maximum atomic E-state index is 12.3. The highest BCUT2D eigenvalue weighted by molar-refractivity contribution is 7.99. The van der Waals surface area contributed by atoms with E-state index in [0.29, 0.717) is 23.1 Å². The summed E-state index contributed by atoms with van der Waals surface area (Å²) in [5, 5.41) is 0.495. The number of rotatable bonds is 6. The van der Waals surface area contributed by atoms with Gasteiger partial charge in [-0.05, 0) is 24.6 Å². The van der Waals surface area contributed by atoms with Crippen LogP contribution in [0.1, 0.15) is 5.56 Å². The molecule has 0 bridgehead atoms. The maximum Gasteiger partial charge on any atom is 0.261 e. The van der Waals surface area contributed by atoms with Gasteiger partial charge in [-0.3, -0.25) is 4.79 Å². The minimum Gasteiger partial charge on any atom is -0.493 e. The molecule has 5 nitrogen and oxygen atoms in total. The first kappa shape index (κ1) is 17.1. The van der Waals surface area contributed by atoms with Crippen LogP contribution >= 0.6 is 11.8 Å². The number of aryl methyl sites for hydroxylation is 1. The zero-order valence-corrected chi connectivity index (χ0v) is 14.7. The van der Waals surface area contributed by atoms with Gasteiger partial charge in [-0.2, -0.15) is 0 Å². The van der Waals surface area contributed by atoms with E-state index in [1.807, 2.05) is 61.5 Å². The van der Waals surface area contributed by atoms with E-state index in [-0.39, 0.29) is 11.4 Å². The highest BCUT2D eigenvalue weighted by Crippen LogP contribution is 2.22. The number of hydrogen-bond donors (Lipinski definition) is 2. The zero-order chi connectivity index (χ0) is 17.6. The highest BCUT2D eigenvalue weighted by Gasteiger charge is 2.11. The molecule has 3 rings (SSSR count). The molecular weight excluding hydrogens is 334 g/mol. The first-order chi connectivity index (χ1) is 12.1. The van der Waals surface area contributed by atoms with Crippen molar-refractivity contribution in [3.05, 3.63) is 70.5 Å². The second-order valence-corrected chi connectivity index (χ2v) is 6.59. The Balaban J connectivity index is 1.62. The molecule has 0 spiro atoms. The number of anilines is 1. The van der Waals surface area contributed by atoms with Crippen LogP contribution in [0.2, 0.25) is 0 Å². The molecule has 0 amide bonds. The quantitative estimate of drug-likeness (QED) is 0.403. The molecule has 6 heteroatoms. The number of nitrogens with zero attached hydrogens (tertiary/aromatic N) is 1. The molecule has 0 unspecified atom stereocenters.